The Hall–Kier alpha value is -1.38. The maximum Gasteiger partial charge on any atom is 0.234 e. The zero-order chi connectivity index (χ0) is 39.2. The van der Waals surface area contributed by atoms with Crippen molar-refractivity contribution in [2.75, 3.05) is 119 Å². The van der Waals surface area contributed by atoms with Gasteiger partial charge in [0.15, 0.2) is 0 Å². The third-order valence-corrected chi connectivity index (χ3v) is 7.26. The molecule has 3 N–H and O–H groups in total. The molecule has 0 aliphatic rings. The second-order valence-electron chi connectivity index (χ2n) is 12.4. The molecule has 0 bridgehead atoms. The van der Waals surface area contributed by atoms with Gasteiger partial charge in [0.2, 0.25) is 11.8 Å². The predicted molar refractivity (Wildman–Crippen MR) is 215 cm³/mol. The van der Waals surface area contributed by atoms with Gasteiger partial charge in [0.1, 0.15) is 0 Å². The van der Waals surface area contributed by atoms with Gasteiger partial charge in [0.25, 0.3) is 0 Å². The van der Waals surface area contributed by atoms with Crippen LogP contribution in [0.5, 0.6) is 0 Å². The first-order valence-corrected chi connectivity index (χ1v) is 20.9. The zero-order valence-electron chi connectivity index (χ0n) is 35.3. The summed E-state index contributed by atoms with van der Waals surface area (Å²) in [6, 6.07) is 0.464. The molecule has 52 heavy (non-hydrogen) atoms. The summed E-state index contributed by atoms with van der Waals surface area (Å²) in [5.74, 6) is -0.164. The lowest BCUT2D eigenvalue weighted by atomic mass is 10.2. The monoisotopic (exact) mass is 751 g/mol. The molecule has 0 aromatic rings. The Bertz CT molecular complexity index is 652. The van der Waals surface area contributed by atoms with Crippen LogP contribution < -0.4 is 16.0 Å². The van der Waals surface area contributed by atoms with Crippen LogP contribution in [0.1, 0.15) is 126 Å². The van der Waals surface area contributed by atoms with Crippen molar-refractivity contribution in [3.05, 3.63) is 0 Å². The number of carbonyl (C=O) groups is 2. The molecule has 12 nitrogen and oxygen atoms in total. The van der Waals surface area contributed by atoms with E-state index in [1.807, 2.05) is 32.6 Å². The van der Waals surface area contributed by atoms with E-state index in [1.165, 1.54) is 19.3 Å². The van der Waals surface area contributed by atoms with E-state index in [1.54, 1.807) is 0 Å². The van der Waals surface area contributed by atoms with Crippen LogP contribution in [0, 0.1) is 0 Å². The lowest BCUT2D eigenvalue weighted by Crippen LogP contribution is -2.44. The lowest BCUT2D eigenvalue weighted by Gasteiger charge is -2.21. The zero-order valence-corrected chi connectivity index (χ0v) is 35.3. The minimum Gasteiger partial charge on any atom is -0.381 e. The van der Waals surface area contributed by atoms with Crippen LogP contribution in [0.25, 0.3) is 0 Å². The molecule has 0 aliphatic carbocycles. The highest BCUT2D eigenvalue weighted by Gasteiger charge is 2.14. The predicted octanol–water partition coefficient (Wildman–Crippen LogP) is 6.00. The van der Waals surface area contributed by atoms with Crippen molar-refractivity contribution in [2.45, 2.75) is 132 Å². The summed E-state index contributed by atoms with van der Waals surface area (Å²) in [6.45, 7) is 26.9. The average molecular weight is 751 g/mol. The second kappa shape index (κ2) is 49.6. The molecule has 314 valence electrons. The molecule has 0 heterocycles. The van der Waals surface area contributed by atoms with Gasteiger partial charge >= 0.3 is 0 Å². The summed E-state index contributed by atoms with van der Waals surface area (Å²) in [7, 11) is 0. The minimum atomic E-state index is -0.114. The number of ether oxygens (including phenoxy) is 6. The van der Waals surface area contributed by atoms with Gasteiger partial charge < -0.3 is 44.4 Å². The van der Waals surface area contributed by atoms with Gasteiger partial charge in [0, 0.05) is 52.1 Å². The van der Waals surface area contributed by atoms with Gasteiger partial charge in [-0.1, -0.05) is 74.7 Å². The number of unbranched alkanes of at least 4 members (excludes halogenated alkanes) is 7. The van der Waals surface area contributed by atoms with Crippen molar-refractivity contribution in [2.24, 2.45) is 0 Å². The third kappa shape index (κ3) is 48.6. The van der Waals surface area contributed by atoms with Gasteiger partial charge in [-0.2, -0.15) is 0 Å². The van der Waals surface area contributed by atoms with Gasteiger partial charge in [-0.25, -0.2) is 0 Å². The molecule has 0 aromatic carbocycles. The smallest absolute Gasteiger partial charge is 0.234 e. The van der Waals surface area contributed by atoms with Crippen molar-refractivity contribution in [3.8, 4) is 0 Å². The molecule has 0 fully saturated rings. The van der Waals surface area contributed by atoms with Crippen molar-refractivity contribution in [1.82, 2.24) is 20.9 Å². The van der Waals surface area contributed by atoms with Crippen LogP contribution in [-0.2, 0) is 38.0 Å². The van der Waals surface area contributed by atoms with Crippen LogP contribution in [0.2, 0.25) is 0 Å². The summed E-state index contributed by atoms with van der Waals surface area (Å²) < 4.78 is 33.3. The minimum absolute atomic E-state index is 0.0506. The number of carbonyl (C=O) groups excluding carboxylic acids is 2. The van der Waals surface area contributed by atoms with Crippen LogP contribution in [0.15, 0.2) is 0 Å². The number of amides is 2. The summed E-state index contributed by atoms with van der Waals surface area (Å²) in [5.41, 5.74) is 0. The molecule has 0 saturated heterocycles. The van der Waals surface area contributed by atoms with Gasteiger partial charge in [0.05, 0.1) is 65.9 Å². The van der Waals surface area contributed by atoms with Crippen LogP contribution in [-0.4, -0.2) is 141 Å². The fourth-order valence-electron chi connectivity index (χ4n) is 4.61. The highest BCUT2D eigenvalue weighted by molar-refractivity contribution is 5.81. The summed E-state index contributed by atoms with van der Waals surface area (Å²) in [6.07, 6.45) is 11.6. The molecular formula is C40H86N4O8. The molecule has 0 radical (unpaired) electrons. The highest BCUT2D eigenvalue weighted by atomic mass is 16.5. The number of nitrogens with zero attached hydrogens (tertiary/aromatic N) is 1. The van der Waals surface area contributed by atoms with Crippen molar-refractivity contribution >= 4 is 11.8 Å². The molecule has 0 aliphatic heterocycles. The number of hydrogen-bond donors (Lipinski definition) is 3. The quantitative estimate of drug-likeness (QED) is 0.0644. The Morgan fingerprint density at radius 3 is 1.40 bits per heavy atom. The van der Waals surface area contributed by atoms with Gasteiger partial charge in [-0.15, -0.1) is 0 Å². The fourth-order valence-corrected chi connectivity index (χ4v) is 4.61. The first-order chi connectivity index (χ1) is 25.5. The fraction of sp³-hybridized carbons (Fsp3) is 0.950. The van der Waals surface area contributed by atoms with E-state index in [4.69, 9.17) is 28.4 Å². The maximum atomic E-state index is 12.7. The Labute approximate surface area is 320 Å². The summed E-state index contributed by atoms with van der Waals surface area (Å²) in [5, 5.41) is 9.25. The first kappa shape index (κ1) is 55.0. The normalized spacial score (nSPS) is 10.9. The molecule has 0 rings (SSSR count). The summed E-state index contributed by atoms with van der Waals surface area (Å²) >= 11 is 0. The lowest BCUT2D eigenvalue weighted by molar-refractivity contribution is -0.125. The van der Waals surface area contributed by atoms with E-state index in [2.05, 4.69) is 43.6 Å². The Kier molecular flexibility index (Phi) is 52.4. The molecular weight excluding hydrogens is 664 g/mol. The Morgan fingerprint density at radius 1 is 0.462 bits per heavy atom. The standard InChI is InChI=1S/C36H74N4O8.2C2H6/c1-5-7-8-13-21-44-22-14-9-11-16-38-35(41)32-40(19-12-10-15-23-45-27-28-46-24-17-37-34(3)4)33-36(42)39-18-25-47-29-31-48-30-26-43-20-6-2;2*1-2/h34,37H,5-33H2,1-4H3,(H,38,41)(H,39,42);2*1-2H3. The largest absolute Gasteiger partial charge is 0.381 e. The van der Waals surface area contributed by atoms with E-state index < -0.39 is 0 Å². The average Bonchev–Trinajstić information content (AvgIpc) is 3.14. The van der Waals surface area contributed by atoms with E-state index in [0.29, 0.717) is 85.1 Å². The van der Waals surface area contributed by atoms with E-state index in [-0.39, 0.29) is 24.9 Å². The second-order valence-corrected chi connectivity index (χ2v) is 12.4. The van der Waals surface area contributed by atoms with Crippen LogP contribution in [0.4, 0.5) is 0 Å². The first-order valence-electron chi connectivity index (χ1n) is 20.9. The molecule has 12 heteroatoms. The summed E-state index contributed by atoms with van der Waals surface area (Å²) in [4.78, 5) is 27.3. The Balaban J connectivity index is -0.00000578. The van der Waals surface area contributed by atoms with E-state index in [0.717, 1.165) is 77.7 Å². The molecule has 2 amide bonds. The van der Waals surface area contributed by atoms with Gasteiger partial charge in [-0.05, 0) is 57.9 Å². The highest BCUT2D eigenvalue weighted by Crippen LogP contribution is 2.02. The van der Waals surface area contributed by atoms with Crippen LogP contribution in [0.3, 0.4) is 0 Å². The number of hydrogen-bond acceptors (Lipinski definition) is 10. The van der Waals surface area contributed by atoms with Crippen molar-refractivity contribution < 1.29 is 38.0 Å². The van der Waals surface area contributed by atoms with Crippen molar-refractivity contribution in [1.29, 1.82) is 0 Å². The molecule has 0 unspecified atom stereocenters. The molecule has 0 atom stereocenters. The van der Waals surface area contributed by atoms with E-state index >= 15 is 0 Å². The molecule has 0 spiro atoms. The van der Waals surface area contributed by atoms with Gasteiger partial charge in [-0.3, -0.25) is 14.5 Å². The SMILES string of the molecule is CC.CC.CCCCCCOCCCCCNC(=O)CN(CCCCCOCCOCCNC(C)C)CC(=O)NCCOCCOCCOCCC. The number of nitrogens with one attached hydrogen (secondary N) is 3. The number of rotatable bonds is 39. The van der Waals surface area contributed by atoms with Crippen molar-refractivity contribution in [3.63, 3.8) is 0 Å². The molecule has 0 saturated carbocycles. The third-order valence-electron chi connectivity index (χ3n) is 7.26. The topological polar surface area (TPSA) is 129 Å². The Morgan fingerprint density at radius 2 is 0.885 bits per heavy atom. The molecule has 0 aromatic heterocycles. The van der Waals surface area contributed by atoms with Crippen LogP contribution >= 0.6 is 0 Å². The maximum absolute atomic E-state index is 12.7. The van der Waals surface area contributed by atoms with E-state index in [9.17, 15) is 9.59 Å².